The van der Waals surface area contributed by atoms with Crippen molar-refractivity contribution in [2.75, 3.05) is 13.2 Å². The lowest BCUT2D eigenvalue weighted by atomic mass is 9.97. The highest BCUT2D eigenvalue weighted by Crippen LogP contribution is 2.33. The minimum atomic E-state index is -1.53. The molecule has 0 aliphatic carbocycles. The highest BCUT2D eigenvalue weighted by atomic mass is 16.7. The molecular weight excluding hydrogens is 576 g/mol. The maximum absolute atomic E-state index is 10.3. The number of ether oxygens (including phenoxy) is 4. The van der Waals surface area contributed by atoms with Crippen molar-refractivity contribution in [3.8, 4) is 33.8 Å². The van der Waals surface area contributed by atoms with Gasteiger partial charge >= 0.3 is 0 Å². The van der Waals surface area contributed by atoms with Gasteiger partial charge in [-0.15, -0.1) is 0 Å². The average Bonchev–Trinajstić information content (AvgIpc) is 3.03. The lowest BCUT2D eigenvalue weighted by molar-refractivity contribution is -0.277. The third-order valence-electron chi connectivity index (χ3n) is 8.08. The Hall–Kier alpha value is -3.14. The first-order valence-electron chi connectivity index (χ1n) is 14.3. The Bertz CT molecular complexity index is 1300. The van der Waals surface area contributed by atoms with Gasteiger partial charge in [0.1, 0.15) is 60.3 Å². The maximum Gasteiger partial charge on any atom is 0.229 e. The molecule has 2 saturated heterocycles. The molecule has 10 atom stereocenters. The van der Waals surface area contributed by atoms with E-state index in [1.54, 1.807) is 12.1 Å². The van der Waals surface area contributed by atoms with E-state index in [-0.39, 0.29) is 0 Å². The van der Waals surface area contributed by atoms with Crippen LogP contribution in [0, 0.1) is 13.8 Å². The summed E-state index contributed by atoms with van der Waals surface area (Å²) in [5.41, 5.74) is 5.19. The summed E-state index contributed by atoms with van der Waals surface area (Å²) >= 11 is 0. The molecular formula is C32H38O12. The molecule has 0 radical (unpaired) electrons. The van der Waals surface area contributed by atoms with Gasteiger partial charge in [-0.2, -0.15) is 0 Å². The average molecular weight is 615 g/mol. The Labute approximate surface area is 253 Å². The van der Waals surface area contributed by atoms with Crippen LogP contribution in [0.4, 0.5) is 0 Å². The van der Waals surface area contributed by atoms with E-state index in [1.165, 1.54) is 0 Å². The van der Waals surface area contributed by atoms with Crippen molar-refractivity contribution in [3.63, 3.8) is 0 Å². The molecule has 238 valence electrons. The van der Waals surface area contributed by atoms with Crippen LogP contribution in [0.2, 0.25) is 0 Å². The van der Waals surface area contributed by atoms with Crippen molar-refractivity contribution in [3.05, 3.63) is 71.8 Å². The van der Waals surface area contributed by atoms with Crippen molar-refractivity contribution < 1.29 is 59.8 Å². The molecule has 0 bridgehead atoms. The van der Waals surface area contributed by atoms with Crippen molar-refractivity contribution >= 4 is 0 Å². The maximum atomic E-state index is 10.3. The first-order valence-corrected chi connectivity index (χ1v) is 14.3. The minimum absolute atomic E-state index is 0.413. The first-order chi connectivity index (χ1) is 21.0. The van der Waals surface area contributed by atoms with Crippen LogP contribution in [-0.2, 0) is 9.47 Å². The summed E-state index contributed by atoms with van der Waals surface area (Å²) in [4.78, 5) is 0. The second-order valence-electron chi connectivity index (χ2n) is 11.2. The van der Waals surface area contributed by atoms with Crippen molar-refractivity contribution in [2.45, 2.75) is 75.3 Å². The Balaban J connectivity index is 1.26. The quantitative estimate of drug-likeness (QED) is 0.169. The van der Waals surface area contributed by atoms with Gasteiger partial charge in [0.25, 0.3) is 0 Å². The molecule has 2 fully saturated rings. The summed E-state index contributed by atoms with van der Waals surface area (Å²) in [6.07, 6.45) is -13.7. The number of aliphatic hydroxyl groups is 8. The van der Waals surface area contributed by atoms with Gasteiger partial charge in [0.15, 0.2) is 0 Å². The fraction of sp³-hybridized carbons (Fsp3) is 0.438. The molecule has 8 N–H and O–H groups in total. The van der Waals surface area contributed by atoms with Gasteiger partial charge in [0, 0.05) is 0 Å². The third-order valence-corrected chi connectivity index (χ3v) is 8.08. The molecule has 5 rings (SSSR count). The molecule has 44 heavy (non-hydrogen) atoms. The summed E-state index contributed by atoms with van der Waals surface area (Å²) in [5, 5.41) is 79.4. The number of hydrogen-bond donors (Lipinski definition) is 8. The highest BCUT2D eigenvalue weighted by Gasteiger charge is 2.46. The molecule has 2 aliphatic heterocycles. The topological polar surface area (TPSA) is 199 Å². The second kappa shape index (κ2) is 13.5. The minimum Gasteiger partial charge on any atom is -0.462 e. The molecule has 12 heteroatoms. The van der Waals surface area contributed by atoms with Crippen LogP contribution in [0.3, 0.4) is 0 Å². The number of aliphatic hydroxyl groups excluding tert-OH is 8. The van der Waals surface area contributed by atoms with Gasteiger partial charge < -0.3 is 59.8 Å². The molecule has 0 spiro atoms. The highest BCUT2D eigenvalue weighted by molar-refractivity contribution is 5.72. The van der Waals surface area contributed by atoms with E-state index < -0.39 is 74.6 Å². The summed E-state index contributed by atoms with van der Waals surface area (Å²) in [5.74, 6) is 0.826. The van der Waals surface area contributed by atoms with E-state index in [0.29, 0.717) is 11.5 Å². The summed E-state index contributed by atoms with van der Waals surface area (Å²) in [7, 11) is 0. The van der Waals surface area contributed by atoms with E-state index in [2.05, 4.69) is 0 Å². The van der Waals surface area contributed by atoms with Crippen molar-refractivity contribution in [1.82, 2.24) is 0 Å². The summed E-state index contributed by atoms with van der Waals surface area (Å²) < 4.78 is 22.5. The summed E-state index contributed by atoms with van der Waals surface area (Å²) in [6, 6.07) is 18.8. The van der Waals surface area contributed by atoms with Crippen LogP contribution < -0.4 is 9.47 Å². The fourth-order valence-electron chi connectivity index (χ4n) is 5.36. The molecule has 2 aliphatic rings. The largest absolute Gasteiger partial charge is 0.462 e. The van der Waals surface area contributed by atoms with E-state index >= 15 is 0 Å². The van der Waals surface area contributed by atoms with E-state index in [4.69, 9.17) is 18.9 Å². The number of aryl methyl sites for hydroxylation is 2. The Morgan fingerprint density at radius 1 is 0.500 bits per heavy atom. The molecule has 0 amide bonds. The molecule has 0 aromatic heterocycles. The van der Waals surface area contributed by atoms with E-state index in [1.807, 2.05) is 62.4 Å². The van der Waals surface area contributed by atoms with Crippen LogP contribution in [0.25, 0.3) is 22.3 Å². The van der Waals surface area contributed by atoms with Crippen molar-refractivity contribution in [2.24, 2.45) is 0 Å². The zero-order chi connectivity index (χ0) is 31.7. The lowest BCUT2D eigenvalue weighted by Gasteiger charge is -2.39. The Kier molecular flexibility index (Phi) is 9.87. The Morgan fingerprint density at radius 2 is 0.841 bits per heavy atom. The number of benzene rings is 3. The smallest absolute Gasteiger partial charge is 0.229 e. The second-order valence-corrected chi connectivity index (χ2v) is 11.2. The van der Waals surface area contributed by atoms with Gasteiger partial charge in [-0.25, -0.2) is 0 Å². The molecule has 12 nitrogen and oxygen atoms in total. The zero-order valence-electron chi connectivity index (χ0n) is 24.2. The third kappa shape index (κ3) is 6.46. The molecule has 3 aromatic carbocycles. The SMILES string of the molecule is Cc1cc(-c2ccc(-c3ccc(O[C@H]4OC(CO)[C@@H](O)C(O)C4O)c(C)c3)cc2)ccc1O[C@H]1OC(CO)[C@@H](O)C(O)C1O. The fourth-order valence-corrected chi connectivity index (χ4v) is 5.36. The van der Waals surface area contributed by atoms with Crippen molar-refractivity contribution in [1.29, 1.82) is 0 Å². The zero-order valence-corrected chi connectivity index (χ0v) is 24.2. The number of rotatable bonds is 8. The number of hydrogen-bond acceptors (Lipinski definition) is 12. The van der Waals surface area contributed by atoms with Crippen LogP contribution in [0.5, 0.6) is 11.5 Å². The van der Waals surface area contributed by atoms with Crippen LogP contribution >= 0.6 is 0 Å². The summed E-state index contributed by atoms with van der Waals surface area (Å²) in [6.45, 7) is 2.57. The van der Waals surface area contributed by atoms with Gasteiger partial charge in [-0.3, -0.25) is 0 Å². The molecule has 0 saturated carbocycles. The van der Waals surface area contributed by atoms with Crippen LogP contribution in [0.1, 0.15) is 11.1 Å². The molecule has 6 unspecified atom stereocenters. The van der Waals surface area contributed by atoms with Gasteiger partial charge in [0.05, 0.1) is 13.2 Å². The normalized spacial score (nSPS) is 32.3. The first kappa shape index (κ1) is 32.3. The Morgan fingerprint density at radius 3 is 1.16 bits per heavy atom. The molecule has 2 heterocycles. The van der Waals surface area contributed by atoms with Gasteiger partial charge in [-0.05, 0) is 71.5 Å². The predicted molar refractivity (Wildman–Crippen MR) is 156 cm³/mol. The standard InChI is InChI=1S/C32H38O12/c1-15-11-19(7-9-21(15)41-31-29(39)27(37)25(35)23(13-33)43-31)17-3-5-18(6-4-17)20-8-10-22(16(2)12-20)42-32-30(40)28(38)26(36)24(14-34)44-32/h3-12,23-40H,13-14H2,1-2H3/t23?,24?,25-,26-,27?,28?,29?,30?,31+,32+/m1/s1. The van der Waals surface area contributed by atoms with Gasteiger partial charge in [-0.1, -0.05) is 36.4 Å². The van der Waals surface area contributed by atoms with E-state index in [0.717, 1.165) is 33.4 Å². The predicted octanol–water partition coefficient (Wildman–Crippen LogP) is -0.00516. The van der Waals surface area contributed by atoms with Gasteiger partial charge in [0.2, 0.25) is 12.6 Å². The van der Waals surface area contributed by atoms with E-state index in [9.17, 15) is 40.9 Å². The monoisotopic (exact) mass is 614 g/mol. The van der Waals surface area contributed by atoms with Crippen LogP contribution in [0.15, 0.2) is 60.7 Å². The van der Waals surface area contributed by atoms with Crippen LogP contribution in [-0.4, -0.2) is 115 Å². The molecule has 3 aromatic rings. The lowest BCUT2D eigenvalue weighted by Crippen LogP contribution is -2.60.